The number of carbonyl (C=O) groups excluding carboxylic acids is 1. The van der Waals surface area contributed by atoms with Crippen LogP contribution in [0.3, 0.4) is 0 Å². The van der Waals surface area contributed by atoms with Crippen LogP contribution in [-0.2, 0) is 11.3 Å². The zero-order valence-corrected chi connectivity index (χ0v) is 11.0. The van der Waals surface area contributed by atoms with Crippen molar-refractivity contribution in [2.45, 2.75) is 6.54 Å². The molecule has 1 amide bonds. The molecular formula is C15H13ClN2O. The van der Waals surface area contributed by atoms with Gasteiger partial charge in [0, 0.05) is 11.6 Å². The number of hydrogen-bond acceptors (Lipinski definition) is 2. The summed E-state index contributed by atoms with van der Waals surface area (Å²) < 4.78 is 0. The Morgan fingerprint density at radius 3 is 2.68 bits per heavy atom. The number of amides is 1. The molecule has 19 heavy (non-hydrogen) atoms. The normalized spacial score (nSPS) is 13.9. The van der Waals surface area contributed by atoms with Gasteiger partial charge in [0.1, 0.15) is 0 Å². The molecule has 0 atom stereocenters. The van der Waals surface area contributed by atoms with Crippen LogP contribution in [0.4, 0.5) is 11.4 Å². The predicted molar refractivity (Wildman–Crippen MR) is 77.6 cm³/mol. The number of carbonyl (C=O) groups is 1. The molecule has 0 aromatic heterocycles. The molecule has 0 radical (unpaired) electrons. The van der Waals surface area contributed by atoms with Gasteiger partial charge in [0.25, 0.3) is 0 Å². The molecule has 0 unspecified atom stereocenters. The van der Waals surface area contributed by atoms with Crippen molar-refractivity contribution in [3.05, 3.63) is 59.1 Å². The Balaban J connectivity index is 1.94. The summed E-state index contributed by atoms with van der Waals surface area (Å²) >= 11 is 6.18. The topological polar surface area (TPSA) is 32.3 Å². The molecule has 2 aromatic carbocycles. The van der Waals surface area contributed by atoms with E-state index in [4.69, 9.17) is 11.6 Å². The fourth-order valence-corrected chi connectivity index (χ4v) is 2.47. The van der Waals surface area contributed by atoms with Crippen molar-refractivity contribution in [2.75, 3.05) is 16.8 Å². The predicted octanol–water partition coefficient (Wildman–Crippen LogP) is 3.30. The minimum atomic E-state index is 0.00533. The number of para-hydroxylation sites is 2. The van der Waals surface area contributed by atoms with Gasteiger partial charge in [-0.2, -0.15) is 0 Å². The Morgan fingerprint density at radius 1 is 1.11 bits per heavy atom. The first-order valence-corrected chi connectivity index (χ1v) is 6.49. The average Bonchev–Trinajstić information content (AvgIpc) is 2.41. The van der Waals surface area contributed by atoms with Gasteiger partial charge in [-0.3, -0.25) is 4.79 Å². The lowest BCUT2D eigenvalue weighted by atomic mass is 10.1. The van der Waals surface area contributed by atoms with Gasteiger partial charge >= 0.3 is 0 Å². The molecule has 1 aliphatic rings. The van der Waals surface area contributed by atoms with E-state index >= 15 is 0 Å². The summed E-state index contributed by atoms with van der Waals surface area (Å²) in [6.07, 6.45) is 0. The summed E-state index contributed by atoms with van der Waals surface area (Å²) in [6.45, 7) is 0.979. The highest BCUT2D eigenvalue weighted by Crippen LogP contribution is 2.30. The maximum atomic E-state index is 11.7. The van der Waals surface area contributed by atoms with Gasteiger partial charge in [0.15, 0.2) is 0 Å². The van der Waals surface area contributed by atoms with Gasteiger partial charge in [-0.25, -0.2) is 0 Å². The number of nitrogens with zero attached hydrogens (tertiary/aromatic N) is 1. The number of benzene rings is 2. The van der Waals surface area contributed by atoms with Crippen LogP contribution in [0, 0.1) is 0 Å². The van der Waals surface area contributed by atoms with Crippen LogP contribution in [0.25, 0.3) is 0 Å². The molecule has 0 aliphatic carbocycles. The summed E-state index contributed by atoms with van der Waals surface area (Å²) in [6, 6.07) is 15.5. The standard InChI is InChI=1S/C15H13ClN2O/c16-12-6-2-1-5-11(12)9-18-10-15(19)17-13-7-3-4-8-14(13)18/h1-8H,9-10H2,(H,17,19). The van der Waals surface area contributed by atoms with E-state index in [0.29, 0.717) is 13.1 Å². The smallest absolute Gasteiger partial charge is 0.243 e. The first kappa shape index (κ1) is 12.1. The molecule has 3 rings (SSSR count). The van der Waals surface area contributed by atoms with Crippen molar-refractivity contribution in [2.24, 2.45) is 0 Å². The molecule has 1 heterocycles. The maximum absolute atomic E-state index is 11.7. The third-order valence-corrected chi connectivity index (χ3v) is 3.54. The van der Waals surface area contributed by atoms with E-state index in [1.807, 2.05) is 53.4 Å². The van der Waals surface area contributed by atoms with Crippen LogP contribution in [0.2, 0.25) is 5.02 Å². The van der Waals surface area contributed by atoms with Gasteiger partial charge in [-0.05, 0) is 23.8 Å². The molecule has 96 valence electrons. The number of halogens is 1. The minimum absolute atomic E-state index is 0.00533. The summed E-state index contributed by atoms with van der Waals surface area (Å²) in [5.41, 5.74) is 2.90. The molecule has 4 heteroatoms. The Hall–Kier alpha value is -2.00. The van der Waals surface area contributed by atoms with Gasteiger partial charge < -0.3 is 10.2 Å². The lowest BCUT2D eigenvalue weighted by molar-refractivity contribution is -0.115. The van der Waals surface area contributed by atoms with E-state index in [1.165, 1.54) is 0 Å². The SMILES string of the molecule is O=C1CN(Cc2ccccc2Cl)c2ccccc2N1. The molecule has 1 aliphatic heterocycles. The third-order valence-electron chi connectivity index (χ3n) is 3.17. The first-order valence-electron chi connectivity index (χ1n) is 6.11. The monoisotopic (exact) mass is 272 g/mol. The lowest BCUT2D eigenvalue weighted by Gasteiger charge is -2.31. The quantitative estimate of drug-likeness (QED) is 0.910. The summed E-state index contributed by atoms with van der Waals surface area (Å²) in [4.78, 5) is 13.8. The zero-order chi connectivity index (χ0) is 13.2. The highest BCUT2D eigenvalue weighted by Gasteiger charge is 2.21. The molecule has 3 nitrogen and oxygen atoms in total. The van der Waals surface area contributed by atoms with E-state index in [2.05, 4.69) is 5.32 Å². The van der Waals surface area contributed by atoms with Crippen LogP contribution in [-0.4, -0.2) is 12.5 Å². The largest absolute Gasteiger partial charge is 0.356 e. The molecular weight excluding hydrogens is 260 g/mol. The number of nitrogens with one attached hydrogen (secondary N) is 1. The lowest BCUT2D eigenvalue weighted by Crippen LogP contribution is -2.37. The molecule has 0 bridgehead atoms. The second-order valence-corrected chi connectivity index (χ2v) is 4.92. The van der Waals surface area contributed by atoms with E-state index in [9.17, 15) is 4.79 Å². The Bertz CT molecular complexity index is 627. The van der Waals surface area contributed by atoms with Crippen molar-refractivity contribution in [1.29, 1.82) is 0 Å². The number of rotatable bonds is 2. The van der Waals surface area contributed by atoms with Crippen molar-refractivity contribution < 1.29 is 4.79 Å². The van der Waals surface area contributed by atoms with E-state index in [0.717, 1.165) is 22.0 Å². The number of hydrogen-bond donors (Lipinski definition) is 1. The fraction of sp³-hybridized carbons (Fsp3) is 0.133. The molecule has 0 spiro atoms. The highest BCUT2D eigenvalue weighted by molar-refractivity contribution is 6.31. The van der Waals surface area contributed by atoms with Crippen LogP contribution in [0.5, 0.6) is 0 Å². The molecule has 2 aromatic rings. The van der Waals surface area contributed by atoms with Crippen LogP contribution < -0.4 is 10.2 Å². The van der Waals surface area contributed by atoms with Crippen LogP contribution in [0.1, 0.15) is 5.56 Å². The average molecular weight is 273 g/mol. The maximum Gasteiger partial charge on any atom is 0.243 e. The fourth-order valence-electron chi connectivity index (χ4n) is 2.28. The summed E-state index contributed by atoms with van der Waals surface area (Å²) in [5, 5.41) is 3.60. The van der Waals surface area contributed by atoms with Crippen molar-refractivity contribution in [3.63, 3.8) is 0 Å². The van der Waals surface area contributed by atoms with E-state index < -0.39 is 0 Å². The zero-order valence-electron chi connectivity index (χ0n) is 10.3. The highest BCUT2D eigenvalue weighted by atomic mass is 35.5. The van der Waals surface area contributed by atoms with Gasteiger partial charge in [0.05, 0.1) is 17.9 Å². The second kappa shape index (κ2) is 4.94. The molecule has 1 N–H and O–H groups in total. The Kier molecular flexibility index (Phi) is 3.13. The number of anilines is 2. The van der Waals surface area contributed by atoms with Crippen molar-refractivity contribution in [3.8, 4) is 0 Å². The van der Waals surface area contributed by atoms with Crippen molar-refractivity contribution in [1.82, 2.24) is 0 Å². The molecule has 0 fully saturated rings. The van der Waals surface area contributed by atoms with E-state index in [1.54, 1.807) is 0 Å². The molecule has 0 saturated heterocycles. The summed E-state index contributed by atoms with van der Waals surface area (Å²) in [7, 11) is 0. The van der Waals surface area contributed by atoms with Crippen LogP contribution >= 0.6 is 11.6 Å². The van der Waals surface area contributed by atoms with Crippen LogP contribution in [0.15, 0.2) is 48.5 Å². The van der Waals surface area contributed by atoms with E-state index in [-0.39, 0.29) is 5.91 Å². The van der Waals surface area contributed by atoms with Gasteiger partial charge in [-0.15, -0.1) is 0 Å². The van der Waals surface area contributed by atoms with Gasteiger partial charge in [-0.1, -0.05) is 41.9 Å². The second-order valence-electron chi connectivity index (χ2n) is 4.51. The Labute approximate surface area is 116 Å². The summed E-state index contributed by atoms with van der Waals surface area (Å²) in [5.74, 6) is 0.00533. The van der Waals surface area contributed by atoms with Crippen molar-refractivity contribution >= 4 is 28.9 Å². The third kappa shape index (κ3) is 2.42. The Morgan fingerprint density at radius 2 is 1.84 bits per heavy atom. The molecule has 0 saturated carbocycles. The van der Waals surface area contributed by atoms with Gasteiger partial charge in [0.2, 0.25) is 5.91 Å². The first-order chi connectivity index (χ1) is 9.24. The minimum Gasteiger partial charge on any atom is -0.356 e. The number of fused-ring (bicyclic) bond motifs is 1.